The number of hydrogen-bond donors (Lipinski definition) is 3. The highest BCUT2D eigenvalue weighted by Gasteiger charge is 2.21. The van der Waals surface area contributed by atoms with E-state index in [4.69, 9.17) is 18.9 Å². The summed E-state index contributed by atoms with van der Waals surface area (Å²) in [6.07, 6.45) is 38.4. The molecule has 1 unspecified atom stereocenters. The van der Waals surface area contributed by atoms with Crippen LogP contribution in [0.15, 0.2) is 0 Å². The van der Waals surface area contributed by atoms with Crippen LogP contribution in [0.3, 0.4) is 0 Å². The van der Waals surface area contributed by atoms with Crippen molar-refractivity contribution in [2.75, 3.05) is 39.5 Å². The van der Waals surface area contributed by atoms with E-state index in [0.717, 1.165) is 51.4 Å². The van der Waals surface area contributed by atoms with Crippen LogP contribution in [0.5, 0.6) is 0 Å². The Labute approximate surface area is 377 Å². The minimum absolute atomic E-state index is 0.216. The lowest BCUT2D eigenvalue weighted by Gasteiger charge is -2.26. The predicted octanol–water partition coefficient (Wildman–Crippen LogP) is 14.9. The summed E-state index contributed by atoms with van der Waals surface area (Å²) in [6, 6.07) is 0. The second-order valence-corrected chi connectivity index (χ2v) is 18.8. The van der Waals surface area contributed by atoms with E-state index in [2.05, 4.69) is 57.5 Å². The maximum atomic E-state index is 12.7. The Morgan fingerprint density at radius 3 is 1.10 bits per heavy atom. The lowest BCUT2D eigenvalue weighted by molar-refractivity contribution is -0.0289. The summed E-state index contributed by atoms with van der Waals surface area (Å²) in [5.74, 6) is 0.591. The summed E-state index contributed by atoms with van der Waals surface area (Å²) >= 11 is 0. The Morgan fingerprint density at radius 2 is 0.754 bits per heavy atom. The molecule has 3 amide bonds. The number of carbonyl (C=O) groups excluding carboxylic acids is 3. The van der Waals surface area contributed by atoms with E-state index in [1.807, 2.05) is 0 Å². The molecule has 3 N–H and O–H groups in total. The van der Waals surface area contributed by atoms with Crippen molar-refractivity contribution in [2.45, 2.75) is 265 Å². The van der Waals surface area contributed by atoms with E-state index in [0.29, 0.717) is 32.2 Å². The van der Waals surface area contributed by atoms with Crippen molar-refractivity contribution in [3.05, 3.63) is 0 Å². The number of unbranched alkanes of at least 4 members (excludes halogenated alkanes) is 28. The van der Waals surface area contributed by atoms with Gasteiger partial charge in [0.05, 0.1) is 5.60 Å². The quantitative estimate of drug-likeness (QED) is 0.0411. The highest BCUT2D eigenvalue weighted by Crippen LogP contribution is 2.18. The average molecular weight is 868 g/mol. The van der Waals surface area contributed by atoms with Gasteiger partial charge in [-0.3, -0.25) is 0 Å². The molecule has 0 aromatic heterocycles. The van der Waals surface area contributed by atoms with Crippen molar-refractivity contribution in [3.8, 4) is 0 Å². The fourth-order valence-electron chi connectivity index (χ4n) is 7.47. The number of alkyl carbamates (subject to hydrolysis) is 3. The van der Waals surface area contributed by atoms with Gasteiger partial charge in [-0.2, -0.15) is 0 Å². The van der Waals surface area contributed by atoms with Gasteiger partial charge in [-0.1, -0.05) is 207 Å². The van der Waals surface area contributed by atoms with Crippen LogP contribution >= 0.6 is 0 Å². The molecule has 0 spiro atoms. The zero-order valence-electron chi connectivity index (χ0n) is 41.1. The van der Waals surface area contributed by atoms with Gasteiger partial charge in [0, 0.05) is 26.2 Å². The molecule has 0 fully saturated rings. The van der Waals surface area contributed by atoms with Gasteiger partial charge in [0.25, 0.3) is 0 Å². The minimum atomic E-state index is -0.934. The van der Waals surface area contributed by atoms with E-state index >= 15 is 0 Å². The molecule has 0 saturated carbocycles. The Bertz CT molecular complexity index is 980. The Morgan fingerprint density at radius 1 is 0.443 bits per heavy atom. The number of amides is 3. The van der Waals surface area contributed by atoms with Crippen LogP contribution in [-0.4, -0.2) is 69.4 Å². The molecular weight excluding hydrogens is 767 g/mol. The normalized spacial score (nSPS) is 12.0. The zero-order valence-corrected chi connectivity index (χ0v) is 41.1. The third kappa shape index (κ3) is 45.6. The summed E-state index contributed by atoms with van der Waals surface area (Å²) in [4.78, 5) is 37.7. The van der Waals surface area contributed by atoms with Gasteiger partial charge in [-0.25, -0.2) is 14.4 Å². The number of ether oxygens (including phenoxy) is 4. The fourth-order valence-corrected chi connectivity index (χ4v) is 7.47. The van der Waals surface area contributed by atoms with Gasteiger partial charge in [0.15, 0.2) is 6.10 Å². The SMILES string of the molecule is CCCCCCCCCCCCCCCCCCNC(=O)OC(COC(=O)NCCCCCCCCCCCCCCCC)COC(=O)NCCCC(C)(C)OCCC(C)C. The van der Waals surface area contributed by atoms with Gasteiger partial charge in [-0.05, 0) is 51.9 Å². The minimum Gasteiger partial charge on any atom is -0.445 e. The van der Waals surface area contributed by atoms with Crippen molar-refractivity contribution in [2.24, 2.45) is 5.92 Å². The summed E-state index contributed by atoms with van der Waals surface area (Å²) in [5.41, 5.74) is -0.275. The van der Waals surface area contributed by atoms with E-state index in [-0.39, 0.29) is 18.8 Å². The molecule has 0 aliphatic rings. The standard InChI is InChI=1S/C51H101N3O7/c1-7-9-11-13-15-17-19-21-23-24-26-28-30-32-34-36-41-54-50(57)61-47(45-59-49(56)53-42-37-39-51(5,6)60-43-38-46(3)4)44-58-48(55)52-40-35-33-31-29-27-25-22-20-18-16-14-12-10-8-2/h46-47H,7-45H2,1-6H3,(H,52,55)(H,53,56)(H,54,57). The van der Waals surface area contributed by atoms with Gasteiger partial charge in [-0.15, -0.1) is 0 Å². The fraction of sp³-hybridized carbons (Fsp3) is 0.941. The maximum Gasteiger partial charge on any atom is 0.407 e. The topological polar surface area (TPSA) is 124 Å². The Kier molecular flexibility index (Phi) is 42.8. The highest BCUT2D eigenvalue weighted by atomic mass is 16.6. The van der Waals surface area contributed by atoms with E-state index in [9.17, 15) is 14.4 Å². The highest BCUT2D eigenvalue weighted by molar-refractivity contribution is 5.69. The van der Waals surface area contributed by atoms with Crippen molar-refractivity contribution in [1.29, 1.82) is 0 Å². The first-order chi connectivity index (χ1) is 29.6. The molecule has 0 radical (unpaired) electrons. The van der Waals surface area contributed by atoms with Crippen LogP contribution in [0, 0.1) is 5.92 Å². The first-order valence-corrected chi connectivity index (χ1v) is 26.0. The van der Waals surface area contributed by atoms with E-state index < -0.39 is 24.4 Å². The van der Waals surface area contributed by atoms with Crippen molar-refractivity contribution in [1.82, 2.24) is 16.0 Å². The molecule has 0 aliphatic carbocycles. The van der Waals surface area contributed by atoms with Crippen molar-refractivity contribution >= 4 is 18.3 Å². The van der Waals surface area contributed by atoms with E-state index in [1.165, 1.54) is 161 Å². The van der Waals surface area contributed by atoms with Gasteiger partial charge in [0.1, 0.15) is 13.2 Å². The number of hydrogen-bond acceptors (Lipinski definition) is 7. The summed E-state index contributed by atoms with van der Waals surface area (Å²) < 4.78 is 22.4. The third-order valence-corrected chi connectivity index (χ3v) is 11.6. The van der Waals surface area contributed by atoms with Crippen LogP contribution < -0.4 is 16.0 Å². The average Bonchev–Trinajstić information content (AvgIpc) is 3.22. The number of nitrogens with one attached hydrogen (secondary N) is 3. The second-order valence-electron chi connectivity index (χ2n) is 18.8. The molecular formula is C51H101N3O7. The molecule has 0 aliphatic heterocycles. The maximum absolute atomic E-state index is 12.7. The predicted molar refractivity (Wildman–Crippen MR) is 256 cm³/mol. The van der Waals surface area contributed by atoms with Gasteiger partial charge >= 0.3 is 18.3 Å². The second kappa shape index (κ2) is 44.4. The zero-order chi connectivity index (χ0) is 44.9. The van der Waals surface area contributed by atoms with Crippen molar-refractivity contribution in [3.63, 3.8) is 0 Å². The molecule has 362 valence electrons. The molecule has 0 heterocycles. The lowest BCUT2D eigenvalue weighted by atomic mass is 10.0. The molecule has 10 heteroatoms. The van der Waals surface area contributed by atoms with Crippen molar-refractivity contribution < 1.29 is 33.3 Å². The molecule has 1 atom stereocenters. The Hall–Kier alpha value is -2.23. The van der Waals surface area contributed by atoms with E-state index in [1.54, 1.807) is 0 Å². The number of carbonyl (C=O) groups is 3. The van der Waals surface area contributed by atoms with Gasteiger partial charge < -0.3 is 34.9 Å². The summed E-state index contributed by atoms with van der Waals surface area (Å²) in [7, 11) is 0. The van der Waals surface area contributed by atoms with Crippen LogP contribution in [-0.2, 0) is 18.9 Å². The molecule has 0 rings (SSSR count). The third-order valence-electron chi connectivity index (χ3n) is 11.6. The lowest BCUT2D eigenvalue weighted by Crippen LogP contribution is -2.38. The summed E-state index contributed by atoms with van der Waals surface area (Å²) in [5, 5.41) is 8.38. The summed E-state index contributed by atoms with van der Waals surface area (Å²) in [6.45, 7) is 14.8. The smallest absolute Gasteiger partial charge is 0.407 e. The Balaban J connectivity index is 4.39. The molecule has 0 bridgehead atoms. The van der Waals surface area contributed by atoms with Crippen LogP contribution in [0.25, 0.3) is 0 Å². The van der Waals surface area contributed by atoms with Gasteiger partial charge in [0.2, 0.25) is 0 Å². The monoisotopic (exact) mass is 868 g/mol. The van der Waals surface area contributed by atoms with Crippen LogP contribution in [0.2, 0.25) is 0 Å². The molecule has 0 aromatic rings. The van der Waals surface area contributed by atoms with Crippen LogP contribution in [0.4, 0.5) is 14.4 Å². The molecule has 0 saturated heterocycles. The van der Waals surface area contributed by atoms with Crippen LogP contribution in [0.1, 0.15) is 253 Å². The molecule has 0 aromatic carbocycles. The molecule has 10 nitrogen and oxygen atoms in total. The first-order valence-electron chi connectivity index (χ1n) is 26.0. The first kappa shape index (κ1) is 58.8. The number of rotatable bonds is 45. The largest absolute Gasteiger partial charge is 0.445 e. The molecule has 61 heavy (non-hydrogen) atoms.